The normalized spacial score (nSPS) is 10.1. The van der Waals surface area contributed by atoms with Gasteiger partial charge in [-0.05, 0) is 5.56 Å². The summed E-state index contributed by atoms with van der Waals surface area (Å²) < 4.78 is 0. The van der Waals surface area contributed by atoms with E-state index in [-0.39, 0.29) is 11.3 Å². The molecule has 0 radical (unpaired) electrons. The molecule has 7 heteroatoms. The summed E-state index contributed by atoms with van der Waals surface area (Å²) in [6, 6.07) is 4.56. The number of hydrogen-bond donors (Lipinski definition) is 2. The van der Waals surface area contributed by atoms with Crippen LogP contribution in [0.25, 0.3) is 0 Å². The molecule has 0 aliphatic carbocycles. The first kappa shape index (κ1) is 11.6. The standard InChI is InChI=1S/C9H7NO6/c11-8(12)7(9(13)14)5-2-1-3-6(4-5)10(15)16/h1-4,7H,(H,11,12)(H,13,14). The largest absolute Gasteiger partial charge is 0.480 e. The Labute approximate surface area is 89.1 Å². The minimum absolute atomic E-state index is 0.130. The molecular weight excluding hydrogens is 218 g/mol. The Morgan fingerprint density at radius 2 is 1.81 bits per heavy atom. The van der Waals surface area contributed by atoms with Gasteiger partial charge < -0.3 is 10.2 Å². The molecule has 0 heterocycles. The number of rotatable bonds is 4. The molecular formula is C9H7NO6. The van der Waals surface area contributed by atoms with Gasteiger partial charge in [-0.1, -0.05) is 12.1 Å². The summed E-state index contributed by atoms with van der Waals surface area (Å²) in [6.07, 6.45) is 0. The molecule has 7 nitrogen and oxygen atoms in total. The van der Waals surface area contributed by atoms with Gasteiger partial charge >= 0.3 is 11.9 Å². The van der Waals surface area contributed by atoms with E-state index in [0.29, 0.717) is 0 Å². The number of non-ortho nitro benzene ring substituents is 1. The lowest BCUT2D eigenvalue weighted by Crippen LogP contribution is -2.21. The lowest BCUT2D eigenvalue weighted by atomic mass is 9.99. The van der Waals surface area contributed by atoms with Crippen molar-refractivity contribution in [3.63, 3.8) is 0 Å². The van der Waals surface area contributed by atoms with Crippen LogP contribution >= 0.6 is 0 Å². The Morgan fingerprint density at radius 1 is 1.25 bits per heavy atom. The molecule has 0 aromatic heterocycles. The Bertz CT molecular complexity index is 441. The van der Waals surface area contributed by atoms with Crippen LogP contribution in [0.15, 0.2) is 24.3 Å². The number of carbonyl (C=O) groups is 2. The van der Waals surface area contributed by atoms with E-state index in [2.05, 4.69) is 0 Å². The number of benzene rings is 1. The van der Waals surface area contributed by atoms with Crippen LogP contribution in [0.4, 0.5) is 5.69 Å². The summed E-state index contributed by atoms with van der Waals surface area (Å²) in [4.78, 5) is 31.1. The lowest BCUT2D eigenvalue weighted by molar-refractivity contribution is -0.384. The van der Waals surface area contributed by atoms with Crippen molar-refractivity contribution in [3.8, 4) is 0 Å². The maximum Gasteiger partial charge on any atom is 0.322 e. The summed E-state index contributed by atoms with van der Waals surface area (Å²) in [6.45, 7) is 0. The van der Waals surface area contributed by atoms with Gasteiger partial charge in [0.25, 0.3) is 5.69 Å². The first-order valence-corrected chi connectivity index (χ1v) is 4.13. The summed E-state index contributed by atoms with van der Waals surface area (Å²) in [5, 5.41) is 27.8. The number of nitro benzene ring substituents is 1. The molecule has 0 atom stereocenters. The lowest BCUT2D eigenvalue weighted by Gasteiger charge is -2.06. The van der Waals surface area contributed by atoms with Crippen molar-refractivity contribution in [2.24, 2.45) is 0 Å². The number of hydrogen-bond acceptors (Lipinski definition) is 4. The zero-order valence-electron chi connectivity index (χ0n) is 7.86. The third-order valence-electron chi connectivity index (χ3n) is 1.91. The number of aliphatic carboxylic acids is 2. The van der Waals surface area contributed by atoms with Crippen LogP contribution in [-0.4, -0.2) is 27.1 Å². The van der Waals surface area contributed by atoms with E-state index in [1.165, 1.54) is 12.1 Å². The van der Waals surface area contributed by atoms with E-state index >= 15 is 0 Å². The molecule has 84 valence electrons. The Kier molecular flexibility index (Phi) is 3.19. The molecule has 0 amide bonds. The molecule has 0 saturated carbocycles. The number of carboxylic acids is 2. The highest BCUT2D eigenvalue weighted by atomic mass is 16.6. The smallest absolute Gasteiger partial charge is 0.322 e. The molecule has 1 aromatic rings. The maximum atomic E-state index is 10.7. The minimum Gasteiger partial charge on any atom is -0.480 e. The molecule has 1 rings (SSSR count). The summed E-state index contributed by atoms with van der Waals surface area (Å²) in [7, 11) is 0. The van der Waals surface area contributed by atoms with E-state index in [1.54, 1.807) is 0 Å². The van der Waals surface area contributed by atoms with E-state index in [9.17, 15) is 19.7 Å². The van der Waals surface area contributed by atoms with E-state index in [4.69, 9.17) is 10.2 Å². The Morgan fingerprint density at radius 3 is 2.25 bits per heavy atom. The fourth-order valence-electron chi connectivity index (χ4n) is 1.21. The third kappa shape index (κ3) is 2.32. The molecule has 2 N–H and O–H groups in total. The second-order valence-corrected chi connectivity index (χ2v) is 2.96. The topological polar surface area (TPSA) is 118 Å². The van der Waals surface area contributed by atoms with Crippen LogP contribution in [0.5, 0.6) is 0 Å². The van der Waals surface area contributed by atoms with Crippen molar-refractivity contribution >= 4 is 17.6 Å². The number of nitrogens with zero attached hydrogens (tertiary/aromatic N) is 1. The molecule has 0 spiro atoms. The molecule has 0 unspecified atom stereocenters. The van der Waals surface area contributed by atoms with Gasteiger partial charge in [-0.2, -0.15) is 0 Å². The summed E-state index contributed by atoms with van der Waals surface area (Å²) in [5.74, 6) is -4.92. The zero-order valence-corrected chi connectivity index (χ0v) is 7.86. The quantitative estimate of drug-likeness (QED) is 0.445. The van der Waals surface area contributed by atoms with Gasteiger partial charge in [-0.25, -0.2) is 0 Å². The molecule has 0 saturated heterocycles. The molecule has 0 bridgehead atoms. The highest BCUT2D eigenvalue weighted by molar-refractivity contribution is 5.99. The van der Waals surface area contributed by atoms with Gasteiger partial charge in [-0.15, -0.1) is 0 Å². The van der Waals surface area contributed by atoms with Gasteiger partial charge in [0.05, 0.1) is 4.92 Å². The van der Waals surface area contributed by atoms with E-state index < -0.39 is 22.8 Å². The minimum atomic E-state index is -1.79. The summed E-state index contributed by atoms with van der Waals surface area (Å²) >= 11 is 0. The molecule has 1 aromatic carbocycles. The van der Waals surface area contributed by atoms with Crippen molar-refractivity contribution in [1.29, 1.82) is 0 Å². The van der Waals surface area contributed by atoms with E-state index in [0.717, 1.165) is 12.1 Å². The molecule has 0 aliphatic heterocycles. The molecule has 16 heavy (non-hydrogen) atoms. The zero-order chi connectivity index (χ0) is 12.3. The van der Waals surface area contributed by atoms with Crippen LogP contribution in [0.2, 0.25) is 0 Å². The Balaban J connectivity index is 3.20. The summed E-state index contributed by atoms with van der Waals surface area (Å²) in [5.41, 5.74) is -0.473. The molecule has 0 fully saturated rings. The van der Waals surface area contributed by atoms with Crippen molar-refractivity contribution in [2.45, 2.75) is 5.92 Å². The van der Waals surface area contributed by atoms with E-state index in [1.807, 2.05) is 0 Å². The second kappa shape index (κ2) is 4.39. The third-order valence-corrected chi connectivity index (χ3v) is 1.91. The number of nitro groups is 1. The van der Waals surface area contributed by atoms with Crippen molar-refractivity contribution in [1.82, 2.24) is 0 Å². The average Bonchev–Trinajstić information content (AvgIpc) is 2.16. The van der Waals surface area contributed by atoms with Gasteiger partial charge in [0.1, 0.15) is 0 Å². The van der Waals surface area contributed by atoms with Gasteiger partial charge in [0, 0.05) is 12.1 Å². The fourth-order valence-corrected chi connectivity index (χ4v) is 1.21. The predicted molar refractivity (Wildman–Crippen MR) is 51.1 cm³/mol. The van der Waals surface area contributed by atoms with Gasteiger partial charge in [0.15, 0.2) is 5.92 Å². The fraction of sp³-hybridized carbons (Fsp3) is 0.111. The maximum absolute atomic E-state index is 10.7. The van der Waals surface area contributed by atoms with Crippen LogP contribution in [0.1, 0.15) is 11.5 Å². The Hall–Kier alpha value is -2.44. The number of carboxylic acid groups (broad SMARTS) is 2. The highest BCUT2D eigenvalue weighted by Gasteiger charge is 2.28. The predicted octanol–water partition coefficient (Wildman–Crippen LogP) is 0.848. The monoisotopic (exact) mass is 225 g/mol. The van der Waals surface area contributed by atoms with Gasteiger partial charge in [0.2, 0.25) is 0 Å². The average molecular weight is 225 g/mol. The van der Waals surface area contributed by atoms with Crippen LogP contribution in [0.3, 0.4) is 0 Å². The second-order valence-electron chi connectivity index (χ2n) is 2.96. The van der Waals surface area contributed by atoms with Crippen LogP contribution in [0, 0.1) is 10.1 Å². The van der Waals surface area contributed by atoms with Crippen molar-refractivity contribution in [2.75, 3.05) is 0 Å². The highest BCUT2D eigenvalue weighted by Crippen LogP contribution is 2.21. The SMILES string of the molecule is O=C(O)C(C(=O)O)c1cccc([N+](=O)[O-])c1. The van der Waals surface area contributed by atoms with Crippen LogP contribution in [-0.2, 0) is 9.59 Å². The van der Waals surface area contributed by atoms with Crippen LogP contribution < -0.4 is 0 Å². The van der Waals surface area contributed by atoms with Gasteiger partial charge in [-0.3, -0.25) is 19.7 Å². The van der Waals surface area contributed by atoms with Crippen molar-refractivity contribution in [3.05, 3.63) is 39.9 Å². The van der Waals surface area contributed by atoms with Crippen molar-refractivity contribution < 1.29 is 24.7 Å². The first-order chi connectivity index (χ1) is 7.43. The first-order valence-electron chi connectivity index (χ1n) is 4.13. The molecule has 0 aliphatic rings.